The second-order valence-electron chi connectivity index (χ2n) is 5.39. The Hall–Kier alpha value is -2.80. The number of hydrogen-bond acceptors (Lipinski definition) is 4. The first-order valence-corrected chi connectivity index (χ1v) is 7.87. The standard InChI is InChI=1S/C17H17N5OS/c1-4-9-21-12(3)14(13-7-5-6-8-15(13)21)10-18-22-16(23)11(2)19-20-17(22)24/h4-8,10H,1,9H2,2-3H3,(H,20,24). The van der Waals surface area contributed by atoms with E-state index in [1.807, 2.05) is 31.2 Å². The fourth-order valence-electron chi connectivity index (χ4n) is 2.68. The minimum atomic E-state index is -0.331. The van der Waals surface area contributed by atoms with E-state index in [0.29, 0.717) is 12.2 Å². The molecule has 122 valence electrons. The summed E-state index contributed by atoms with van der Waals surface area (Å²) >= 11 is 5.10. The zero-order chi connectivity index (χ0) is 17.3. The Morgan fingerprint density at radius 3 is 2.88 bits per heavy atom. The summed E-state index contributed by atoms with van der Waals surface area (Å²) in [7, 11) is 0. The number of para-hydroxylation sites is 1. The first-order valence-electron chi connectivity index (χ1n) is 7.46. The number of aryl methyl sites for hydroxylation is 1. The van der Waals surface area contributed by atoms with E-state index in [2.05, 4.69) is 32.5 Å². The number of allylic oxidation sites excluding steroid dienone is 1. The van der Waals surface area contributed by atoms with Gasteiger partial charge in [-0.1, -0.05) is 24.3 Å². The SMILES string of the molecule is C=CCn1c(C)c(C=Nn2c(=S)[nH]nc(C)c2=O)c2ccccc21. The van der Waals surface area contributed by atoms with E-state index in [9.17, 15) is 4.79 Å². The zero-order valence-electron chi connectivity index (χ0n) is 13.5. The molecule has 2 heterocycles. The third kappa shape index (κ3) is 2.63. The summed E-state index contributed by atoms with van der Waals surface area (Å²) in [5, 5.41) is 11.8. The van der Waals surface area contributed by atoms with Gasteiger partial charge in [0.2, 0.25) is 4.77 Å². The van der Waals surface area contributed by atoms with Crippen LogP contribution in [0.25, 0.3) is 10.9 Å². The molecule has 0 saturated carbocycles. The van der Waals surface area contributed by atoms with E-state index < -0.39 is 0 Å². The van der Waals surface area contributed by atoms with Gasteiger partial charge in [-0.05, 0) is 32.1 Å². The number of H-pyrrole nitrogens is 1. The topological polar surface area (TPSA) is 68.0 Å². The zero-order valence-corrected chi connectivity index (χ0v) is 14.3. The molecule has 1 aromatic carbocycles. The van der Waals surface area contributed by atoms with E-state index in [0.717, 1.165) is 26.8 Å². The molecule has 0 bridgehead atoms. The van der Waals surface area contributed by atoms with E-state index in [1.165, 1.54) is 0 Å². The molecule has 0 fully saturated rings. The Morgan fingerprint density at radius 2 is 2.12 bits per heavy atom. The lowest BCUT2D eigenvalue weighted by Crippen LogP contribution is -2.22. The molecule has 0 unspecified atom stereocenters. The number of hydrogen-bond donors (Lipinski definition) is 1. The predicted octanol–water partition coefficient (Wildman–Crippen LogP) is 2.94. The molecule has 24 heavy (non-hydrogen) atoms. The van der Waals surface area contributed by atoms with E-state index in [4.69, 9.17) is 12.2 Å². The molecule has 0 aliphatic carbocycles. The lowest BCUT2D eigenvalue weighted by molar-refractivity contribution is 0.720. The van der Waals surface area contributed by atoms with Crippen molar-refractivity contribution in [1.29, 1.82) is 0 Å². The van der Waals surface area contributed by atoms with Crippen LogP contribution in [0.15, 0.2) is 46.8 Å². The Kier molecular flexibility index (Phi) is 4.26. The van der Waals surface area contributed by atoms with Crippen LogP contribution in [-0.2, 0) is 6.54 Å². The molecule has 7 heteroatoms. The second kappa shape index (κ2) is 6.37. The lowest BCUT2D eigenvalue weighted by Gasteiger charge is -2.04. The van der Waals surface area contributed by atoms with Crippen molar-refractivity contribution in [3.8, 4) is 0 Å². The molecular weight excluding hydrogens is 322 g/mol. The van der Waals surface area contributed by atoms with Crippen LogP contribution in [-0.4, -0.2) is 25.7 Å². The van der Waals surface area contributed by atoms with Crippen molar-refractivity contribution >= 4 is 29.3 Å². The van der Waals surface area contributed by atoms with Crippen LogP contribution in [0.4, 0.5) is 0 Å². The van der Waals surface area contributed by atoms with E-state index in [1.54, 1.807) is 13.1 Å². The highest BCUT2D eigenvalue weighted by molar-refractivity contribution is 7.71. The van der Waals surface area contributed by atoms with Crippen LogP contribution in [0, 0.1) is 18.6 Å². The number of benzene rings is 1. The molecule has 0 radical (unpaired) electrons. The van der Waals surface area contributed by atoms with Gasteiger partial charge >= 0.3 is 0 Å². The Balaban J connectivity index is 2.20. The molecule has 3 aromatic rings. The number of fused-ring (bicyclic) bond motifs is 1. The minimum Gasteiger partial charge on any atom is -0.340 e. The third-order valence-corrected chi connectivity index (χ3v) is 4.17. The summed E-state index contributed by atoms with van der Waals surface area (Å²) in [6.45, 7) is 8.15. The van der Waals surface area contributed by atoms with Gasteiger partial charge in [0, 0.05) is 28.7 Å². The average molecular weight is 339 g/mol. The predicted molar refractivity (Wildman–Crippen MR) is 98.3 cm³/mol. The summed E-state index contributed by atoms with van der Waals surface area (Å²) < 4.78 is 3.47. The maximum atomic E-state index is 12.1. The molecule has 0 aliphatic heterocycles. The van der Waals surface area contributed by atoms with Gasteiger partial charge in [0.25, 0.3) is 5.56 Å². The number of aromatic amines is 1. The molecule has 6 nitrogen and oxygen atoms in total. The Bertz CT molecular complexity index is 1070. The van der Waals surface area contributed by atoms with Gasteiger partial charge in [0.15, 0.2) is 0 Å². The number of nitrogens with one attached hydrogen (secondary N) is 1. The highest BCUT2D eigenvalue weighted by Gasteiger charge is 2.11. The van der Waals surface area contributed by atoms with Crippen LogP contribution in [0.5, 0.6) is 0 Å². The van der Waals surface area contributed by atoms with Gasteiger partial charge in [0.1, 0.15) is 5.69 Å². The third-order valence-electron chi connectivity index (χ3n) is 3.91. The highest BCUT2D eigenvalue weighted by atomic mass is 32.1. The fraction of sp³-hybridized carbons (Fsp3) is 0.176. The first-order chi connectivity index (χ1) is 11.5. The molecule has 2 aromatic heterocycles. The van der Waals surface area contributed by atoms with Crippen molar-refractivity contribution in [2.45, 2.75) is 20.4 Å². The van der Waals surface area contributed by atoms with Crippen LogP contribution < -0.4 is 5.56 Å². The number of rotatable bonds is 4. The molecule has 0 aliphatic rings. The Labute approximate surface area is 143 Å². The maximum Gasteiger partial charge on any atom is 0.296 e. The van der Waals surface area contributed by atoms with Crippen LogP contribution in [0.1, 0.15) is 17.0 Å². The lowest BCUT2D eigenvalue weighted by atomic mass is 10.1. The average Bonchev–Trinajstić information content (AvgIpc) is 2.84. The monoisotopic (exact) mass is 339 g/mol. The highest BCUT2D eigenvalue weighted by Crippen LogP contribution is 2.24. The summed E-state index contributed by atoms with van der Waals surface area (Å²) in [4.78, 5) is 12.1. The van der Waals surface area contributed by atoms with Crippen molar-refractivity contribution in [1.82, 2.24) is 19.4 Å². The molecule has 3 rings (SSSR count). The first kappa shape index (κ1) is 16.1. The van der Waals surface area contributed by atoms with Crippen molar-refractivity contribution < 1.29 is 0 Å². The van der Waals surface area contributed by atoms with Gasteiger partial charge < -0.3 is 4.57 Å². The van der Waals surface area contributed by atoms with Crippen LogP contribution in [0.3, 0.4) is 0 Å². The van der Waals surface area contributed by atoms with Gasteiger partial charge in [0.05, 0.1) is 6.21 Å². The van der Waals surface area contributed by atoms with Crippen molar-refractivity contribution in [3.05, 3.63) is 69.0 Å². The van der Waals surface area contributed by atoms with E-state index >= 15 is 0 Å². The number of aromatic nitrogens is 4. The largest absolute Gasteiger partial charge is 0.340 e. The van der Waals surface area contributed by atoms with Gasteiger partial charge in [-0.25, -0.2) is 0 Å². The minimum absolute atomic E-state index is 0.161. The van der Waals surface area contributed by atoms with Gasteiger partial charge in [-0.15, -0.1) is 6.58 Å². The van der Waals surface area contributed by atoms with Gasteiger partial charge in [-0.2, -0.15) is 14.9 Å². The summed E-state index contributed by atoms with van der Waals surface area (Å²) in [5.41, 5.74) is 3.07. The molecule has 0 amide bonds. The van der Waals surface area contributed by atoms with Crippen molar-refractivity contribution in [2.75, 3.05) is 0 Å². The van der Waals surface area contributed by atoms with Crippen LogP contribution >= 0.6 is 12.2 Å². The van der Waals surface area contributed by atoms with Crippen molar-refractivity contribution in [3.63, 3.8) is 0 Å². The summed E-state index contributed by atoms with van der Waals surface area (Å²) in [6, 6.07) is 8.06. The molecule has 0 saturated heterocycles. The Morgan fingerprint density at radius 1 is 1.38 bits per heavy atom. The smallest absolute Gasteiger partial charge is 0.296 e. The maximum absolute atomic E-state index is 12.1. The van der Waals surface area contributed by atoms with Crippen LogP contribution in [0.2, 0.25) is 0 Å². The fourth-order valence-corrected chi connectivity index (χ4v) is 2.85. The summed E-state index contributed by atoms with van der Waals surface area (Å²) in [5.74, 6) is 0. The number of nitrogens with zero attached hydrogens (tertiary/aromatic N) is 4. The van der Waals surface area contributed by atoms with Gasteiger partial charge in [-0.3, -0.25) is 9.89 Å². The summed E-state index contributed by atoms with van der Waals surface area (Å²) in [6.07, 6.45) is 3.52. The van der Waals surface area contributed by atoms with E-state index in [-0.39, 0.29) is 10.3 Å². The van der Waals surface area contributed by atoms with Crippen molar-refractivity contribution in [2.24, 2.45) is 5.10 Å². The normalized spacial score (nSPS) is 11.4. The second-order valence-corrected chi connectivity index (χ2v) is 5.78. The molecular formula is C17H17N5OS. The molecule has 0 spiro atoms. The molecule has 0 atom stereocenters. The quantitative estimate of drug-likeness (QED) is 0.451. The molecule has 1 N–H and O–H groups in total.